The quantitative estimate of drug-likeness (QED) is 0.329. The van der Waals surface area contributed by atoms with Crippen LogP contribution in [0.5, 0.6) is 0 Å². The summed E-state index contributed by atoms with van der Waals surface area (Å²) in [5.74, 6) is 0.775. The van der Waals surface area contributed by atoms with Crippen LogP contribution in [0.3, 0.4) is 0 Å². The molecule has 0 spiro atoms. The van der Waals surface area contributed by atoms with E-state index in [9.17, 15) is 0 Å². The van der Waals surface area contributed by atoms with Gasteiger partial charge in [-0.15, -0.1) is 24.0 Å². The van der Waals surface area contributed by atoms with Crippen LogP contribution < -0.4 is 10.6 Å². The first-order valence-electron chi connectivity index (χ1n) is 10.3. The van der Waals surface area contributed by atoms with Gasteiger partial charge >= 0.3 is 0 Å². The average molecular weight is 527 g/mol. The Labute approximate surface area is 196 Å². The maximum Gasteiger partial charge on any atom is 0.191 e. The van der Waals surface area contributed by atoms with Crippen LogP contribution in [0.4, 0.5) is 0 Å². The predicted octanol–water partition coefficient (Wildman–Crippen LogP) is 3.22. The second kappa shape index (κ2) is 12.3. The van der Waals surface area contributed by atoms with E-state index in [1.807, 2.05) is 18.7 Å². The molecule has 1 saturated heterocycles. The van der Waals surface area contributed by atoms with Crippen LogP contribution in [0, 0.1) is 13.8 Å². The van der Waals surface area contributed by atoms with Gasteiger partial charge in [0.05, 0.1) is 18.4 Å². The minimum Gasteiger partial charge on any atom is -0.381 e. The second-order valence-corrected chi connectivity index (χ2v) is 7.49. The van der Waals surface area contributed by atoms with E-state index < -0.39 is 0 Å². The van der Waals surface area contributed by atoms with Crippen molar-refractivity contribution in [3.05, 3.63) is 52.3 Å². The number of aryl methyl sites for hydroxylation is 2. The Morgan fingerprint density at radius 1 is 1.20 bits per heavy atom. The van der Waals surface area contributed by atoms with E-state index in [2.05, 4.69) is 51.9 Å². The minimum atomic E-state index is 0. The number of ether oxygens (including phenoxy) is 2. The summed E-state index contributed by atoms with van der Waals surface area (Å²) in [5.41, 5.74) is 5.82. The summed E-state index contributed by atoms with van der Waals surface area (Å²) in [6.45, 7) is 7.78. The number of hydrogen-bond donors (Lipinski definition) is 2. The number of halogens is 1. The lowest BCUT2D eigenvalue weighted by molar-refractivity contribution is -0.0390. The third-order valence-corrected chi connectivity index (χ3v) is 5.42. The summed E-state index contributed by atoms with van der Waals surface area (Å²) >= 11 is 0. The number of nitrogens with one attached hydrogen (secondary N) is 2. The lowest BCUT2D eigenvalue weighted by atomic mass is 10.1. The van der Waals surface area contributed by atoms with Crippen molar-refractivity contribution in [1.29, 1.82) is 0 Å². The summed E-state index contributed by atoms with van der Waals surface area (Å²) in [4.78, 5) is 4.33. The van der Waals surface area contributed by atoms with Gasteiger partial charge in [-0.2, -0.15) is 5.10 Å². The molecule has 2 aromatic rings. The van der Waals surface area contributed by atoms with E-state index in [0.29, 0.717) is 25.8 Å². The highest BCUT2D eigenvalue weighted by atomic mass is 127. The van der Waals surface area contributed by atoms with Crippen molar-refractivity contribution < 1.29 is 9.47 Å². The van der Waals surface area contributed by atoms with Crippen molar-refractivity contribution in [3.8, 4) is 0 Å². The zero-order valence-corrected chi connectivity index (χ0v) is 20.7. The molecule has 0 saturated carbocycles. The third kappa shape index (κ3) is 6.95. The Bertz CT molecular complexity index is 831. The third-order valence-electron chi connectivity index (χ3n) is 5.42. The standard InChI is InChI=1S/C22H33N5O2.HI/c1-16-21(17(2)27(4)26-16)14-25-22(23-3)24-13-18-6-5-7-19(12-18)15-29-20-8-10-28-11-9-20;/h5-7,12,20H,8-11,13-15H2,1-4H3,(H2,23,24,25);1H. The zero-order valence-electron chi connectivity index (χ0n) is 18.4. The molecule has 8 heteroatoms. The van der Waals surface area contributed by atoms with Gasteiger partial charge in [0.15, 0.2) is 5.96 Å². The van der Waals surface area contributed by atoms with Crippen molar-refractivity contribution in [3.63, 3.8) is 0 Å². The summed E-state index contributed by atoms with van der Waals surface area (Å²) in [6.07, 6.45) is 2.28. The number of rotatable bonds is 7. The highest BCUT2D eigenvalue weighted by Gasteiger charge is 2.14. The Morgan fingerprint density at radius 3 is 2.57 bits per heavy atom. The summed E-state index contributed by atoms with van der Waals surface area (Å²) in [6, 6.07) is 8.50. The maximum atomic E-state index is 6.04. The molecule has 166 valence electrons. The molecule has 0 bridgehead atoms. The van der Waals surface area contributed by atoms with Gasteiger partial charge in [-0.1, -0.05) is 24.3 Å². The highest BCUT2D eigenvalue weighted by Crippen LogP contribution is 2.14. The first-order valence-corrected chi connectivity index (χ1v) is 10.3. The van der Waals surface area contributed by atoms with Crippen molar-refractivity contribution in [1.82, 2.24) is 20.4 Å². The topological polar surface area (TPSA) is 72.7 Å². The van der Waals surface area contributed by atoms with Crippen LogP contribution in [0.1, 0.15) is 40.9 Å². The molecule has 1 fully saturated rings. The van der Waals surface area contributed by atoms with Crippen molar-refractivity contribution in [2.45, 2.75) is 52.5 Å². The minimum absolute atomic E-state index is 0. The fourth-order valence-corrected chi connectivity index (χ4v) is 3.54. The molecule has 0 aliphatic carbocycles. The molecule has 1 aliphatic heterocycles. The predicted molar refractivity (Wildman–Crippen MR) is 130 cm³/mol. The number of aromatic nitrogens is 2. The maximum absolute atomic E-state index is 6.04. The van der Waals surface area contributed by atoms with Crippen molar-refractivity contribution in [2.75, 3.05) is 20.3 Å². The van der Waals surface area contributed by atoms with Crippen LogP contribution in [0.2, 0.25) is 0 Å². The van der Waals surface area contributed by atoms with Crippen LogP contribution in [-0.4, -0.2) is 42.1 Å². The van der Waals surface area contributed by atoms with Crippen molar-refractivity contribution in [2.24, 2.45) is 12.0 Å². The lowest BCUT2D eigenvalue weighted by Gasteiger charge is -2.22. The number of guanidine groups is 1. The van der Waals surface area contributed by atoms with Gasteiger partial charge in [0.2, 0.25) is 0 Å². The molecule has 0 radical (unpaired) electrons. The van der Waals surface area contributed by atoms with E-state index >= 15 is 0 Å². The van der Waals surface area contributed by atoms with Gasteiger partial charge in [0, 0.05) is 51.7 Å². The van der Waals surface area contributed by atoms with E-state index in [0.717, 1.165) is 37.7 Å². The molecule has 3 rings (SSSR count). The molecule has 1 aliphatic rings. The number of nitrogens with zero attached hydrogens (tertiary/aromatic N) is 3. The van der Waals surface area contributed by atoms with Gasteiger partial charge in [0.25, 0.3) is 0 Å². The van der Waals surface area contributed by atoms with Crippen molar-refractivity contribution >= 4 is 29.9 Å². The molecule has 2 heterocycles. The number of aliphatic imine (C=N–C) groups is 1. The Balaban J connectivity index is 0.00000320. The molecule has 0 unspecified atom stereocenters. The van der Waals surface area contributed by atoms with Crippen LogP contribution in [-0.2, 0) is 36.2 Å². The van der Waals surface area contributed by atoms with E-state index in [1.54, 1.807) is 7.05 Å². The van der Waals surface area contributed by atoms with Crippen LogP contribution >= 0.6 is 24.0 Å². The van der Waals surface area contributed by atoms with Gasteiger partial charge in [-0.05, 0) is 37.8 Å². The summed E-state index contributed by atoms with van der Waals surface area (Å²) < 4.78 is 13.3. The first kappa shape index (κ1) is 24.6. The molecule has 1 aromatic carbocycles. The Morgan fingerprint density at radius 2 is 1.90 bits per heavy atom. The molecule has 0 atom stereocenters. The molecular weight excluding hydrogens is 493 g/mol. The molecule has 7 nitrogen and oxygen atoms in total. The van der Waals surface area contributed by atoms with E-state index in [-0.39, 0.29) is 24.0 Å². The SMILES string of the molecule is CN=C(NCc1cccc(COC2CCOCC2)c1)NCc1c(C)nn(C)c1C.I. The fourth-order valence-electron chi connectivity index (χ4n) is 3.54. The summed E-state index contributed by atoms with van der Waals surface area (Å²) in [5, 5.41) is 11.2. The molecule has 0 amide bonds. The lowest BCUT2D eigenvalue weighted by Crippen LogP contribution is -2.36. The van der Waals surface area contributed by atoms with Gasteiger partial charge in [0.1, 0.15) is 0 Å². The smallest absolute Gasteiger partial charge is 0.191 e. The van der Waals surface area contributed by atoms with Crippen LogP contribution in [0.25, 0.3) is 0 Å². The monoisotopic (exact) mass is 527 g/mol. The number of hydrogen-bond acceptors (Lipinski definition) is 4. The van der Waals surface area contributed by atoms with Crippen LogP contribution in [0.15, 0.2) is 29.3 Å². The molecule has 30 heavy (non-hydrogen) atoms. The number of benzene rings is 1. The van der Waals surface area contributed by atoms with E-state index in [4.69, 9.17) is 9.47 Å². The van der Waals surface area contributed by atoms with E-state index in [1.165, 1.54) is 22.4 Å². The Hall–Kier alpha value is -1.65. The normalized spacial score (nSPS) is 15.0. The average Bonchev–Trinajstić information content (AvgIpc) is 2.99. The molecule has 2 N–H and O–H groups in total. The zero-order chi connectivity index (χ0) is 20.6. The highest BCUT2D eigenvalue weighted by molar-refractivity contribution is 14.0. The second-order valence-electron chi connectivity index (χ2n) is 7.49. The Kier molecular flexibility index (Phi) is 10.1. The molecule has 1 aromatic heterocycles. The molecular formula is C22H34IN5O2. The first-order chi connectivity index (χ1) is 14.1. The van der Waals surface area contributed by atoms with Gasteiger partial charge in [-0.3, -0.25) is 9.67 Å². The largest absolute Gasteiger partial charge is 0.381 e. The summed E-state index contributed by atoms with van der Waals surface area (Å²) in [7, 11) is 3.76. The van der Waals surface area contributed by atoms with Gasteiger partial charge in [-0.25, -0.2) is 0 Å². The fraction of sp³-hybridized carbons (Fsp3) is 0.545. The van der Waals surface area contributed by atoms with Gasteiger partial charge < -0.3 is 20.1 Å².